The first-order chi connectivity index (χ1) is 10.6. The SMILES string of the molecule is Cc1[nH]nc(C(=O)Nc2cn(C)nc2C2CCCCC2)c1N. The minimum Gasteiger partial charge on any atom is -0.395 e. The Labute approximate surface area is 129 Å². The molecule has 0 spiro atoms. The Morgan fingerprint density at radius 1 is 1.41 bits per heavy atom. The molecule has 22 heavy (non-hydrogen) atoms. The maximum Gasteiger partial charge on any atom is 0.278 e. The molecule has 7 nitrogen and oxygen atoms in total. The highest BCUT2D eigenvalue weighted by Crippen LogP contribution is 2.35. The van der Waals surface area contributed by atoms with Crippen molar-refractivity contribution in [3.8, 4) is 0 Å². The smallest absolute Gasteiger partial charge is 0.278 e. The molecular weight excluding hydrogens is 280 g/mol. The van der Waals surface area contributed by atoms with Crippen molar-refractivity contribution in [3.63, 3.8) is 0 Å². The molecule has 1 fully saturated rings. The van der Waals surface area contributed by atoms with Crippen LogP contribution in [0.4, 0.5) is 11.4 Å². The van der Waals surface area contributed by atoms with Gasteiger partial charge < -0.3 is 11.1 Å². The second-order valence-corrected chi connectivity index (χ2v) is 6.00. The molecule has 0 aliphatic heterocycles. The van der Waals surface area contributed by atoms with Gasteiger partial charge in [-0.15, -0.1) is 0 Å². The fraction of sp³-hybridized carbons (Fsp3) is 0.533. The number of aromatic amines is 1. The lowest BCUT2D eigenvalue weighted by atomic mass is 9.86. The Balaban J connectivity index is 1.83. The van der Waals surface area contributed by atoms with Gasteiger partial charge >= 0.3 is 0 Å². The van der Waals surface area contributed by atoms with Gasteiger partial charge in [0.1, 0.15) is 0 Å². The zero-order valence-corrected chi connectivity index (χ0v) is 13.0. The Kier molecular flexibility index (Phi) is 3.87. The molecule has 2 aromatic heterocycles. The molecule has 2 aromatic rings. The van der Waals surface area contributed by atoms with E-state index in [9.17, 15) is 4.79 Å². The van der Waals surface area contributed by atoms with E-state index in [0.717, 1.165) is 24.2 Å². The van der Waals surface area contributed by atoms with E-state index in [1.165, 1.54) is 19.3 Å². The van der Waals surface area contributed by atoms with Gasteiger partial charge in [0.2, 0.25) is 0 Å². The molecule has 1 aliphatic rings. The van der Waals surface area contributed by atoms with E-state index in [4.69, 9.17) is 5.73 Å². The molecule has 0 saturated heterocycles. The van der Waals surface area contributed by atoms with E-state index in [1.807, 2.05) is 13.2 Å². The van der Waals surface area contributed by atoms with Gasteiger partial charge in [-0.25, -0.2) is 0 Å². The van der Waals surface area contributed by atoms with Crippen molar-refractivity contribution in [2.45, 2.75) is 44.9 Å². The van der Waals surface area contributed by atoms with E-state index >= 15 is 0 Å². The zero-order valence-electron chi connectivity index (χ0n) is 13.0. The largest absolute Gasteiger partial charge is 0.395 e. The molecule has 0 unspecified atom stereocenters. The van der Waals surface area contributed by atoms with Crippen LogP contribution in [-0.2, 0) is 7.05 Å². The Bertz CT molecular complexity index is 680. The monoisotopic (exact) mass is 302 g/mol. The first-order valence-electron chi connectivity index (χ1n) is 7.71. The molecule has 118 valence electrons. The Morgan fingerprint density at radius 3 is 2.77 bits per heavy atom. The minimum absolute atomic E-state index is 0.232. The molecule has 0 aromatic carbocycles. The average Bonchev–Trinajstić information content (AvgIpc) is 3.03. The van der Waals surface area contributed by atoms with E-state index in [0.29, 0.717) is 17.3 Å². The van der Waals surface area contributed by atoms with Crippen LogP contribution in [0.15, 0.2) is 6.20 Å². The van der Waals surface area contributed by atoms with Crippen LogP contribution in [0.5, 0.6) is 0 Å². The summed E-state index contributed by atoms with van der Waals surface area (Å²) in [5.74, 6) is 0.121. The van der Waals surface area contributed by atoms with Gasteiger partial charge in [-0.05, 0) is 19.8 Å². The van der Waals surface area contributed by atoms with E-state index in [1.54, 1.807) is 11.6 Å². The molecule has 1 saturated carbocycles. The first-order valence-corrected chi connectivity index (χ1v) is 7.71. The highest BCUT2D eigenvalue weighted by molar-refractivity contribution is 6.06. The van der Waals surface area contributed by atoms with Crippen molar-refractivity contribution in [1.29, 1.82) is 0 Å². The highest BCUT2D eigenvalue weighted by Gasteiger charge is 2.24. The normalized spacial score (nSPS) is 15.9. The number of aryl methyl sites for hydroxylation is 2. The van der Waals surface area contributed by atoms with Crippen molar-refractivity contribution in [3.05, 3.63) is 23.3 Å². The third-order valence-corrected chi connectivity index (χ3v) is 4.31. The molecule has 0 atom stereocenters. The number of rotatable bonds is 3. The van der Waals surface area contributed by atoms with Crippen LogP contribution in [0.1, 0.15) is 59.9 Å². The number of nitrogens with zero attached hydrogens (tertiary/aromatic N) is 3. The van der Waals surface area contributed by atoms with Crippen LogP contribution in [-0.4, -0.2) is 25.9 Å². The number of nitrogens with two attached hydrogens (primary N) is 1. The van der Waals surface area contributed by atoms with E-state index in [-0.39, 0.29) is 11.6 Å². The second kappa shape index (κ2) is 5.82. The van der Waals surface area contributed by atoms with Gasteiger partial charge in [0.15, 0.2) is 5.69 Å². The van der Waals surface area contributed by atoms with Crippen molar-refractivity contribution >= 4 is 17.3 Å². The van der Waals surface area contributed by atoms with Crippen LogP contribution >= 0.6 is 0 Å². The first kappa shape index (κ1) is 14.6. The van der Waals surface area contributed by atoms with E-state index in [2.05, 4.69) is 20.6 Å². The number of anilines is 2. The van der Waals surface area contributed by atoms with Crippen molar-refractivity contribution in [2.24, 2.45) is 7.05 Å². The van der Waals surface area contributed by atoms with Crippen LogP contribution in [0.25, 0.3) is 0 Å². The molecule has 4 N–H and O–H groups in total. The predicted octanol–water partition coefficient (Wildman–Crippen LogP) is 2.33. The number of hydrogen-bond acceptors (Lipinski definition) is 4. The Morgan fingerprint density at radius 2 is 2.14 bits per heavy atom. The predicted molar refractivity (Wildman–Crippen MR) is 84.7 cm³/mol. The lowest BCUT2D eigenvalue weighted by Crippen LogP contribution is -2.16. The molecule has 0 radical (unpaired) electrons. The topological polar surface area (TPSA) is 102 Å². The van der Waals surface area contributed by atoms with Gasteiger partial charge in [0.05, 0.1) is 22.8 Å². The molecule has 0 bridgehead atoms. The molecule has 7 heteroatoms. The summed E-state index contributed by atoms with van der Waals surface area (Å²) in [6.07, 6.45) is 7.83. The number of amides is 1. The number of carbonyl (C=O) groups excluding carboxylic acids is 1. The lowest BCUT2D eigenvalue weighted by molar-refractivity contribution is 0.102. The third kappa shape index (κ3) is 2.70. The van der Waals surface area contributed by atoms with Gasteiger partial charge in [0, 0.05) is 19.2 Å². The molecule has 1 amide bonds. The molecular formula is C15H22N6O. The second-order valence-electron chi connectivity index (χ2n) is 6.00. The number of nitrogen functional groups attached to an aromatic ring is 1. The summed E-state index contributed by atoms with van der Waals surface area (Å²) in [5.41, 5.74) is 8.92. The summed E-state index contributed by atoms with van der Waals surface area (Å²) in [6.45, 7) is 1.79. The third-order valence-electron chi connectivity index (χ3n) is 4.31. The van der Waals surface area contributed by atoms with E-state index < -0.39 is 0 Å². The lowest BCUT2D eigenvalue weighted by Gasteiger charge is -2.20. The minimum atomic E-state index is -0.299. The van der Waals surface area contributed by atoms with Crippen molar-refractivity contribution in [1.82, 2.24) is 20.0 Å². The summed E-state index contributed by atoms with van der Waals surface area (Å²) in [6, 6.07) is 0. The fourth-order valence-corrected chi connectivity index (χ4v) is 3.07. The average molecular weight is 302 g/mol. The highest BCUT2D eigenvalue weighted by atomic mass is 16.2. The summed E-state index contributed by atoms with van der Waals surface area (Å²) >= 11 is 0. The van der Waals surface area contributed by atoms with Crippen LogP contribution in [0, 0.1) is 6.92 Å². The number of aromatic nitrogens is 4. The van der Waals surface area contributed by atoms with Gasteiger partial charge in [-0.3, -0.25) is 14.6 Å². The quantitative estimate of drug-likeness (QED) is 0.809. The fourth-order valence-electron chi connectivity index (χ4n) is 3.07. The van der Waals surface area contributed by atoms with Crippen LogP contribution in [0.2, 0.25) is 0 Å². The van der Waals surface area contributed by atoms with Gasteiger partial charge in [-0.1, -0.05) is 19.3 Å². The summed E-state index contributed by atoms with van der Waals surface area (Å²) in [7, 11) is 1.87. The van der Waals surface area contributed by atoms with Gasteiger partial charge in [0.25, 0.3) is 5.91 Å². The summed E-state index contributed by atoms with van der Waals surface area (Å²) < 4.78 is 1.75. The van der Waals surface area contributed by atoms with Gasteiger partial charge in [-0.2, -0.15) is 10.2 Å². The molecule has 1 aliphatic carbocycles. The summed E-state index contributed by atoms with van der Waals surface area (Å²) in [5, 5.41) is 14.2. The number of H-pyrrole nitrogens is 1. The Hall–Kier alpha value is -2.31. The van der Waals surface area contributed by atoms with Crippen molar-refractivity contribution < 1.29 is 4.79 Å². The number of nitrogens with one attached hydrogen (secondary N) is 2. The summed E-state index contributed by atoms with van der Waals surface area (Å²) in [4.78, 5) is 12.4. The maximum absolute atomic E-state index is 12.4. The molecule has 3 rings (SSSR count). The number of hydrogen-bond donors (Lipinski definition) is 3. The zero-order chi connectivity index (χ0) is 15.7. The standard InChI is InChI=1S/C15H22N6O/c1-9-12(16)14(19-18-9)15(22)17-11-8-21(2)20-13(11)10-6-4-3-5-7-10/h8,10H,3-7,16H2,1-2H3,(H,17,22)(H,18,19). The maximum atomic E-state index is 12.4. The van der Waals surface area contributed by atoms with Crippen LogP contribution in [0.3, 0.4) is 0 Å². The van der Waals surface area contributed by atoms with Crippen molar-refractivity contribution in [2.75, 3.05) is 11.1 Å². The number of carbonyl (C=O) groups is 1. The van der Waals surface area contributed by atoms with Crippen LogP contribution < -0.4 is 11.1 Å². The molecule has 2 heterocycles.